The fraction of sp³-hybridized carbons (Fsp3) is 0.444. The van der Waals surface area contributed by atoms with E-state index in [-0.39, 0.29) is 11.6 Å². The van der Waals surface area contributed by atoms with E-state index in [0.29, 0.717) is 11.6 Å². The maximum Gasteiger partial charge on any atom is 0.317 e. The topological polar surface area (TPSA) is 115 Å². The van der Waals surface area contributed by atoms with E-state index in [1.807, 2.05) is 6.92 Å². The van der Waals surface area contributed by atoms with Crippen molar-refractivity contribution in [3.05, 3.63) is 6.07 Å². The van der Waals surface area contributed by atoms with Crippen LogP contribution in [0.5, 0.6) is 0 Å². The lowest BCUT2D eigenvalue weighted by Crippen LogP contribution is -2.16. The lowest BCUT2D eigenvalue weighted by molar-refractivity contribution is -0.136. The van der Waals surface area contributed by atoms with Gasteiger partial charge in [-0.25, -0.2) is 9.97 Å². The highest BCUT2D eigenvalue weighted by Gasteiger charge is 2.19. The van der Waals surface area contributed by atoms with E-state index in [4.69, 9.17) is 16.6 Å². The van der Waals surface area contributed by atoms with Gasteiger partial charge in [0, 0.05) is 6.07 Å². The largest absolute Gasteiger partial charge is 0.480 e. The van der Waals surface area contributed by atoms with Gasteiger partial charge in [-0.1, -0.05) is 25.1 Å². The van der Waals surface area contributed by atoms with Crippen molar-refractivity contribution < 1.29 is 9.90 Å². The predicted octanol–water partition coefficient (Wildman–Crippen LogP) is 0.986. The zero-order valence-electron chi connectivity index (χ0n) is 8.88. The van der Waals surface area contributed by atoms with Gasteiger partial charge in [-0.2, -0.15) is 0 Å². The number of nitrogen functional groups attached to an aromatic ring is 2. The van der Waals surface area contributed by atoms with Gasteiger partial charge in [-0.05, 0) is 6.42 Å². The predicted molar refractivity (Wildman–Crippen MR) is 63.0 cm³/mol. The lowest BCUT2D eigenvalue weighted by atomic mass is 10.2. The molecule has 6 nitrogen and oxygen atoms in total. The van der Waals surface area contributed by atoms with Gasteiger partial charge in [-0.15, -0.1) is 0 Å². The van der Waals surface area contributed by atoms with Crippen molar-refractivity contribution >= 4 is 29.4 Å². The van der Waals surface area contributed by atoms with Crippen molar-refractivity contribution in [2.45, 2.75) is 30.2 Å². The van der Waals surface area contributed by atoms with Crippen LogP contribution in [-0.4, -0.2) is 26.3 Å². The summed E-state index contributed by atoms with van der Waals surface area (Å²) in [6, 6.07) is 1.43. The molecule has 1 aromatic heterocycles. The molecule has 0 bridgehead atoms. The molecule has 0 spiro atoms. The Morgan fingerprint density at radius 1 is 1.50 bits per heavy atom. The van der Waals surface area contributed by atoms with Gasteiger partial charge in [0.2, 0.25) is 0 Å². The minimum atomic E-state index is -0.878. The number of nitrogens with zero attached hydrogens (tertiary/aromatic N) is 2. The van der Waals surface area contributed by atoms with E-state index in [1.54, 1.807) is 0 Å². The van der Waals surface area contributed by atoms with Gasteiger partial charge < -0.3 is 16.6 Å². The average Bonchev–Trinajstić information content (AvgIpc) is 2.15. The van der Waals surface area contributed by atoms with Crippen LogP contribution in [-0.2, 0) is 4.79 Å². The molecule has 0 saturated heterocycles. The fourth-order valence-corrected chi connectivity index (χ4v) is 2.16. The SMILES string of the molecule is CCCC(Sc1nc(N)cc(N)n1)C(=O)O. The summed E-state index contributed by atoms with van der Waals surface area (Å²) in [6.45, 7) is 1.92. The van der Waals surface area contributed by atoms with Crippen LogP contribution in [0.4, 0.5) is 11.6 Å². The summed E-state index contributed by atoms with van der Waals surface area (Å²) >= 11 is 1.07. The summed E-state index contributed by atoms with van der Waals surface area (Å²) in [5.74, 6) is -0.386. The summed E-state index contributed by atoms with van der Waals surface area (Å²) in [7, 11) is 0. The van der Waals surface area contributed by atoms with Crippen LogP contribution in [0, 0.1) is 0 Å². The first-order valence-electron chi connectivity index (χ1n) is 4.82. The number of aliphatic carboxylic acids is 1. The number of nitrogens with two attached hydrogens (primary N) is 2. The van der Waals surface area contributed by atoms with Crippen LogP contribution in [0.25, 0.3) is 0 Å². The van der Waals surface area contributed by atoms with Crippen molar-refractivity contribution in [2.75, 3.05) is 11.5 Å². The Bertz CT molecular complexity index is 366. The molecule has 88 valence electrons. The molecular formula is C9H14N4O2S. The van der Waals surface area contributed by atoms with Crippen LogP contribution in [0.1, 0.15) is 19.8 Å². The Morgan fingerprint density at radius 2 is 2.06 bits per heavy atom. The summed E-state index contributed by atoms with van der Waals surface area (Å²) in [5.41, 5.74) is 11.0. The zero-order valence-corrected chi connectivity index (χ0v) is 9.70. The molecule has 1 unspecified atom stereocenters. The number of hydrogen-bond acceptors (Lipinski definition) is 6. The molecule has 0 aliphatic heterocycles. The van der Waals surface area contributed by atoms with Gasteiger partial charge in [0.15, 0.2) is 5.16 Å². The molecule has 1 heterocycles. The summed E-state index contributed by atoms with van der Waals surface area (Å²) in [4.78, 5) is 18.8. The number of carbonyl (C=O) groups is 1. The molecule has 5 N–H and O–H groups in total. The van der Waals surface area contributed by atoms with E-state index in [2.05, 4.69) is 9.97 Å². The molecule has 0 aromatic carbocycles. The minimum absolute atomic E-state index is 0.246. The third-order valence-electron chi connectivity index (χ3n) is 1.82. The van der Waals surface area contributed by atoms with Crippen LogP contribution < -0.4 is 11.5 Å². The average molecular weight is 242 g/mol. The smallest absolute Gasteiger partial charge is 0.317 e. The zero-order chi connectivity index (χ0) is 12.1. The Labute approximate surface area is 97.5 Å². The van der Waals surface area contributed by atoms with E-state index >= 15 is 0 Å². The number of thioether (sulfide) groups is 1. The Balaban J connectivity index is 2.80. The summed E-state index contributed by atoms with van der Waals surface area (Å²) in [5, 5.41) is 8.71. The second-order valence-electron chi connectivity index (χ2n) is 3.23. The van der Waals surface area contributed by atoms with Crippen LogP contribution >= 0.6 is 11.8 Å². The van der Waals surface area contributed by atoms with Gasteiger partial charge in [0.05, 0.1) is 0 Å². The highest BCUT2D eigenvalue weighted by atomic mass is 32.2. The second kappa shape index (κ2) is 5.55. The lowest BCUT2D eigenvalue weighted by Gasteiger charge is -2.09. The molecule has 0 radical (unpaired) electrons. The van der Waals surface area contributed by atoms with Crippen LogP contribution in [0.15, 0.2) is 11.2 Å². The molecule has 0 aliphatic rings. The van der Waals surface area contributed by atoms with Crippen LogP contribution in [0.3, 0.4) is 0 Å². The third kappa shape index (κ3) is 3.58. The van der Waals surface area contributed by atoms with Gasteiger partial charge in [0.25, 0.3) is 0 Å². The number of hydrogen-bond donors (Lipinski definition) is 3. The molecular weight excluding hydrogens is 228 g/mol. The Morgan fingerprint density at radius 3 is 2.50 bits per heavy atom. The molecule has 1 atom stereocenters. The molecule has 0 fully saturated rings. The number of rotatable bonds is 5. The standard InChI is InChI=1S/C9H14N4O2S/c1-2-3-5(8(14)15)16-9-12-6(10)4-7(11)13-9/h4-5H,2-3H2,1H3,(H,14,15)(H4,10,11,12,13). The van der Waals surface area contributed by atoms with E-state index < -0.39 is 11.2 Å². The highest BCUT2D eigenvalue weighted by Crippen LogP contribution is 2.24. The monoisotopic (exact) mass is 242 g/mol. The molecule has 7 heteroatoms. The number of carboxylic acid groups (broad SMARTS) is 1. The van der Waals surface area contributed by atoms with Gasteiger partial charge in [-0.3, -0.25) is 4.79 Å². The normalized spacial score (nSPS) is 12.3. The van der Waals surface area contributed by atoms with Crippen molar-refractivity contribution in [3.8, 4) is 0 Å². The second-order valence-corrected chi connectivity index (χ2v) is 4.40. The third-order valence-corrected chi connectivity index (χ3v) is 2.93. The molecule has 1 rings (SSSR count). The highest BCUT2D eigenvalue weighted by molar-refractivity contribution is 8.00. The Hall–Kier alpha value is -1.50. The van der Waals surface area contributed by atoms with Gasteiger partial charge in [0.1, 0.15) is 16.9 Å². The van der Waals surface area contributed by atoms with E-state index in [0.717, 1.165) is 18.2 Å². The number of carboxylic acids is 1. The van der Waals surface area contributed by atoms with E-state index in [1.165, 1.54) is 6.07 Å². The number of aromatic nitrogens is 2. The van der Waals surface area contributed by atoms with Crippen molar-refractivity contribution in [3.63, 3.8) is 0 Å². The maximum atomic E-state index is 10.9. The van der Waals surface area contributed by atoms with Crippen molar-refractivity contribution in [2.24, 2.45) is 0 Å². The first-order valence-corrected chi connectivity index (χ1v) is 5.70. The summed E-state index contributed by atoms with van der Waals surface area (Å²) < 4.78 is 0. The minimum Gasteiger partial charge on any atom is -0.480 e. The first-order chi connectivity index (χ1) is 7.52. The van der Waals surface area contributed by atoms with Crippen molar-refractivity contribution in [1.82, 2.24) is 9.97 Å². The molecule has 16 heavy (non-hydrogen) atoms. The molecule has 0 aliphatic carbocycles. The summed E-state index contributed by atoms with van der Waals surface area (Å²) in [6.07, 6.45) is 1.33. The Kier molecular flexibility index (Phi) is 4.36. The molecule has 0 saturated carbocycles. The van der Waals surface area contributed by atoms with Crippen molar-refractivity contribution in [1.29, 1.82) is 0 Å². The maximum absolute atomic E-state index is 10.9. The molecule has 0 amide bonds. The quantitative estimate of drug-likeness (QED) is 0.520. The number of anilines is 2. The fourth-order valence-electron chi connectivity index (χ4n) is 1.14. The van der Waals surface area contributed by atoms with E-state index in [9.17, 15) is 4.79 Å². The van der Waals surface area contributed by atoms with Gasteiger partial charge >= 0.3 is 5.97 Å². The first kappa shape index (κ1) is 12.6. The van der Waals surface area contributed by atoms with Crippen LogP contribution in [0.2, 0.25) is 0 Å². The molecule has 1 aromatic rings.